The molecule has 1 fully saturated rings. The predicted octanol–water partition coefficient (Wildman–Crippen LogP) is 4.23. The number of thiophene rings is 1. The van der Waals surface area contributed by atoms with Crippen molar-refractivity contribution in [2.45, 2.75) is 6.42 Å². The number of halogens is 1. The summed E-state index contributed by atoms with van der Waals surface area (Å²) in [6.45, 7) is 4.56. The first-order valence-corrected chi connectivity index (χ1v) is 12.0. The van der Waals surface area contributed by atoms with Gasteiger partial charge in [0.2, 0.25) is 5.71 Å². The standard InChI is InChI=1S/C24H20ClN3O4S/c25-16-4-5-19-18(14-16)17(22-28(19)32-24(30)23(29)31-22)6-8-26-9-11-27(12-10-26)20-3-1-2-15-7-13-33-21(15)20/h1-5,7,13-14H,6,8-12H2. The normalized spacial score (nSPS) is 15.2. The van der Waals surface area contributed by atoms with Crippen molar-refractivity contribution in [2.24, 2.45) is 0 Å². The lowest BCUT2D eigenvalue weighted by molar-refractivity contribution is 0.259. The van der Waals surface area contributed by atoms with Gasteiger partial charge in [-0.2, -0.15) is 0 Å². The molecule has 4 heterocycles. The fraction of sp³-hybridized carbons (Fsp3) is 0.250. The average Bonchev–Trinajstić information content (AvgIpc) is 3.41. The second kappa shape index (κ2) is 8.06. The number of piperazine rings is 1. The first-order valence-electron chi connectivity index (χ1n) is 10.8. The molecule has 0 spiro atoms. The van der Waals surface area contributed by atoms with Gasteiger partial charge in [-0.1, -0.05) is 23.7 Å². The van der Waals surface area contributed by atoms with Gasteiger partial charge in [-0.3, -0.25) is 4.90 Å². The van der Waals surface area contributed by atoms with E-state index in [1.807, 2.05) is 6.07 Å². The van der Waals surface area contributed by atoms with E-state index in [4.69, 9.17) is 20.5 Å². The topological polar surface area (TPSA) is 71.3 Å². The molecule has 0 radical (unpaired) electrons. The Balaban J connectivity index is 1.24. The van der Waals surface area contributed by atoms with Crippen molar-refractivity contribution in [1.82, 2.24) is 9.47 Å². The molecular formula is C24H20ClN3O4S. The molecule has 7 nitrogen and oxygen atoms in total. The van der Waals surface area contributed by atoms with Crippen LogP contribution in [0.5, 0.6) is 0 Å². The van der Waals surface area contributed by atoms with Crippen LogP contribution in [0.3, 0.4) is 0 Å². The van der Waals surface area contributed by atoms with Gasteiger partial charge in [-0.15, -0.1) is 15.9 Å². The van der Waals surface area contributed by atoms with Crippen molar-refractivity contribution < 1.29 is 8.94 Å². The maximum absolute atomic E-state index is 11.9. The molecule has 0 atom stereocenters. The van der Waals surface area contributed by atoms with Crippen LogP contribution in [-0.4, -0.2) is 42.2 Å². The number of rotatable bonds is 4. The minimum Gasteiger partial charge on any atom is -0.397 e. The lowest BCUT2D eigenvalue weighted by Crippen LogP contribution is -2.47. The average molecular weight is 482 g/mol. The number of hydrogen-bond donors (Lipinski definition) is 0. The van der Waals surface area contributed by atoms with Gasteiger partial charge in [0.1, 0.15) is 0 Å². The SMILES string of the molecule is O=c1oc2c(CCN3CCN(c4cccc5ccsc45)CC3)c3cc(Cl)ccc3n2oc1=O. The van der Waals surface area contributed by atoms with Gasteiger partial charge in [-0.25, -0.2) is 9.59 Å². The summed E-state index contributed by atoms with van der Waals surface area (Å²) in [6.07, 6.45) is 0.643. The van der Waals surface area contributed by atoms with Crippen molar-refractivity contribution in [3.05, 3.63) is 79.3 Å². The third kappa shape index (κ3) is 3.55. The Morgan fingerprint density at radius 3 is 2.70 bits per heavy atom. The molecule has 2 aromatic carbocycles. The third-order valence-corrected chi connectivity index (χ3v) is 7.51. The molecular weight excluding hydrogens is 462 g/mol. The van der Waals surface area contributed by atoms with E-state index in [0.29, 0.717) is 17.0 Å². The summed E-state index contributed by atoms with van der Waals surface area (Å²) >= 11 is 8.01. The van der Waals surface area contributed by atoms with Crippen molar-refractivity contribution in [1.29, 1.82) is 0 Å². The van der Waals surface area contributed by atoms with Gasteiger partial charge in [0.25, 0.3) is 0 Å². The van der Waals surface area contributed by atoms with Gasteiger partial charge in [0.05, 0.1) is 15.9 Å². The van der Waals surface area contributed by atoms with Crippen LogP contribution in [0.15, 0.2) is 66.4 Å². The minimum absolute atomic E-state index is 0.264. The first-order chi connectivity index (χ1) is 16.1. The molecule has 1 aliphatic rings. The second-order valence-electron chi connectivity index (χ2n) is 8.20. The zero-order valence-electron chi connectivity index (χ0n) is 17.6. The second-order valence-corrected chi connectivity index (χ2v) is 9.56. The van der Waals surface area contributed by atoms with Gasteiger partial charge in [0, 0.05) is 48.7 Å². The zero-order valence-corrected chi connectivity index (χ0v) is 19.2. The quantitative estimate of drug-likeness (QED) is 0.358. The van der Waals surface area contributed by atoms with Crippen LogP contribution in [-0.2, 0) is 6.42 Å². The lowest BCUT2D eigenvalue weighted by atomic mass is 10.1. The third-order valence-electron chi connectivity index (χ3n) is 6.32. The fourth-order valence-electron chi connectivity index (χ4n) is 4.67. The van der Waals surface area contributed by atoms with E-state index in [9.17, 15) is 9.59 Å². The van der Waals surface area contributed by atoms with E-state index in [2.05, 4.69) is 39.4 Å². The summed E-state index contributed by atoms with van der Waals surface area (Å²) in [7, 11) is 0. The number of anilines is 1. The summed E-state index contributed by atoms with van der Waals surface area (Å²) < 4.78 is 13.2. The Bertz CT molecular complexity index is 1610. The predicted molar refractivity (Wildman–Crippen MR) is 131 cm³/mol. The van der Waals surface area contributed by atoms with Gasteiger partial charge < -0.3 is 13.8 Å². The van der Waals surface area contributed by atoms with E-state index in [0.717, 1.165) is 43.7 Å². The highest BCUT2D eigenvalue weighted by atomic mass is 35.5. The Hall–Kier alpha value is -3.07. The fourth-order valence-corrected chi connectivity index (χ4v) is 5.78. The van der Waals surface area contributed by atoms with Crippen molar-refractivity contribution >= 4 is 55.3 Å². The highest BCUT2D eigenvalue weighted by molar-refractivity contribution is 7.17. The van der Waals surface area contributed by atoms with E-state index >= 15 is 0 Å². The summed E-state index contributed by atoms with van der Waals surface area (Å²) in [4.78, 5) is 28.4. The molecule has 0 amide bonds. The van der Waals surface area contributed by atoms with Crippen LogP contribution >= 0.6 is 22.9 Å². The summed E-state index contributed by atoms with van der Waals surface area (Å²) in [5, 5.41) is 4.83. The maximum Gasteiger partial charge on any atom is 0.442 e. The van der Waals surface area contributed by atoms with Gasteiger partial charge in [0.15, 0.2) is 0 Å². The highest BCUT2D eigenvalue weighted by Crippen LogP contribution is 2.32. The summed E-state index contributed by atoms with van der Waals surface area (Å²) in [5.41, 5.74) is 1.00. The number of fused-ring (bicyclic) bond motifs is 4. The Kier molecular flexibility index (Phi) is 5.01. The Labute approximate surface area is 197 Å². The molecule has 3 aromatic heterocycles. The molecule has 33 heavy (non-hydrogen) atoms. The molecule has 0 unspecified atom stereocenters. The molecule has 0 bridgehead atoms. The molecule has 1 aliphatic heterocycles. The van der Waals surface area contributed by atoms with E-state index in [1.54, 1.807) is 23.5 Å². The van der Waals surface area contributed by atoms with E-state index in [1.165, 1.54) is 20.3 Å². The molecule has 9 heteroatoms. The number of nitrogens with zero attached hydrogens (tertiary/aromatic N) is 3. The maximum atomic E-state index is 11.9. The Morgan fingerprint density at radius 2 is 1.85 bits per heavy atom. The van der Waals surface area contributed by atoms with Crippen LogP contribution < -0.4 is 16.2 Å². The number of aromatic nitrogens is 1. The zero-order chi connectivity index (χ0) is 22.5. The minimum atomic E-state index is -1.03. The van der Waals surface area contributed by atoms with E-state index < -0.39 is 11.3 Å². The molecule has 5 aromatic rings. The van der Waals surface area contributed by atoms with Crippen molar-refractivity contribution in [2.75, 3.05) is 37.6 Å². The monoisotopic (exact) mass is 481 g/mol. The largest absolute Gasteiger partial charge is 0.442 e. The summed E-state index contributed by atoms with van der Waals surface area (Å²) in [5.74, 6) is 0. The Morgan fingerprint density at radius 1 is 1.00 bits per heavy atom. The van der Waals surface area contributed by atoms with Crippen molar-refractivity contribution in [3.8, 4) is 0 Å². The van der Waals surface area contributed by atoms with Crippen LogP contribution in [0, 0.1) is 0 Å². The van der Waals surface area contributed by atoms with Crippen LogP contribution in [0.1, 0.15) is 5.56 Å². The van der Waals surface area contributed by atoms with E-state index in [-0.39, 0.29) is 5.71 Å². The highest BCUT2D eigenvalue weighted by Gasteiger charge is 2.22. The molecule has 0 saturated carbocycles. The molecule has 1 saturated heterocycles. The van der Waals surface area contributed by atoms with Gasteiger partial charge >= 0.3 is 11.3 Å². The van der Waals surface area contributed by atoms with Crippen LogP contribution in [0.25, 0.3) is 26.7 Å². The van der Waals surface area contributed by atoms with Gasteiger partial charge in [-0.05, 0) is 47.5 Å². The molecule has 0 aliphatic carbocycles. The molecule has 0 N–H and O–H groups in total. The van der Waals surface area contributed by atoms with Crippen LogP contribution in [0.4, 0.5) is 5.69 Å². The number of benzene rings is 2. The van der Waals surface area contributed by atoms with Crippen molar-refractivity contribution in [3.63, 3.8) is 0 Å². The van der Waals surface area contributed by atoms with Crippen LogP contribution in [0.2, 0.25) is 5.02 Å². The molecule has 168 valence electrons. The first kappa shape index (κ1) is 20.5. The summed E-state index contributed by atoms with van der Waals surface area (Å²) in [6, 6.07) is 14.0. The lowest BCUT2D eigenvalue weighted by Gasteiger charge is -2.36. The molecule has 6 rings (SSSR count). The number of hydrogen-bond acceptors (Lipinski definition) is 7. The smallest absolute Gasteiger partial charge is 0.397 e.